The standard InChI is InChI=1S/C18H19NO3S/c1-22-15-4-2-3-14(10-15)17-7-8-19(17)18(21)6-5-16-9-13(11-20)12-23-16/h2-6,9-10,12,17,20H,7-8,11H2,1H3/b6-5+. The zero-order chi connectivity index (χ0) is 16.2. The largest absolute Gasteiger partial charge is 0.497 e. The third-order valence-electron chi connectivity index (χ3n) is 4.03. The Balaban J connectivity index is 1.67. The minimum Gasteiger partial charge on any atom is -0.497 e. The molecule has 3 rings (SSSR count). The number of hydrogen-bond donors (Lipinski definition) is 1. The van der Waals surface area contributed by atoms with Crippen molar-refractivity contribution in [1.29, 1.82) is 0 Å². The quantitative estimate of drug-likeness (QED) is 0.857. The summed E-state index contributed by atoms with van der Waals surface area (Å²) in [5, 5.41) is 11.0. The summed E-state index contributed by atoms with van der Waals surface area (Å²) in [6.45, 7) is 0.805. The summed E-state index contributed by atoms with van der Waals surface area (Å²) in [4.78, 5) is 15.2. The van der Waals surface area contributed by atoms with E-state index in [-0.39, 0.29) is 18.6 Å². The van der Waals surface area contributed by atoms with Crippen molar-refractivity contribution in [2.24, 2.45) is 0 Å². The van der Waals surface area contributed by atoms with Crippen LogP contribution in [0, 0.1) is 0 Å². The first-order valence-electron chi connectivity index (χ1n) is 7.52. The van der Waals surface area contributed by atoms with Gasteiger partial charge in [-0.25, -0.2) is 0 Å². The molecule has 0 radical (unpaired) electrons. The van der Waals surface area contributed by atoms with Gasteiger partial charge in [-0.05, 0) is 47.2 Å². The first-order valence-corrected chi connectivity index (χ1v) is 8.40. The van der Waals surface area contributed by atoms with Crippen LogP contribution >= 0.6 is 11.3 Å². The van der Waals surface area contributed by atoms with Gasteiger partial charge in [-0.15, -0.1) is 11.3 Å². The number of carbonyl (C=O) groups is 1. The van der Waals surface area contributed by atoms with Crippen LogP contribution in [-0.2, 0) is 11.4 Å². The number of aliphatic hydroxyl groups excluding tert-OH is 1. The molecule has 1 amide bonds. The molecule has 2 heterocycles. The Labute approximate surface area is 139 Å². The van der Waals surface area contributed by atoms with Gasteiger partial charge >= 0.3 is 0 Å². The molecule has 1 aromatic heterocycles. The van der Waals surface area contributed by atoms with E-state index in [2.05, 4.69) is 0 Å². The summed E-state index contributed by atoms with van der Waals surface area (Å²) in [7, 11) is 1.65. The fourth-order valence-corrected chi connectivity index (χ4v) is 3.46. The molecule has 1 aliphatic rings. The highest BCUT2D eigenvalue weighted by molar-refractivity contribution is 7.11. The number of ether oxygens (including phenoxy) is 1. The van der Waals surface area contributed by atoms with E-state index in [4.69, 9.17) is 9.84 Å². The highest BCUT2D eigenvalue weighted by Gasteiger charge is 2.32. The smallest absolute Gasteiger partial charge is 0.247 e. The molecule has 1 N–H and O–H groups in total. The molecule has 5 heteroatoms. The molecule has 0 aliphatic carbocycles. The summed E-state index contributed by atoms with van der Waals surface area (Å²) in [5.41, 5.74) is 1.98. The van der Waals surface area contributed by atoms with E-state index in [1.807, 2.05) is 46.7 Å². The number of methoxy groups -OCH3 is 1. The third kappa shape index (κ3) is 3.46. The Hall–Kier alpha value is -2.11. The van der Waals surface area contributed by atoms with Crippen LogP contribution in [0.15, 0.2) is 41.8 Å². The summed E-state index contributed by atoms with van der Waals surface area (Å²) < 4.78 is 5.25. The Kier molecular flexibility index (Phi) is 4.79. The van der Waals surface area contributed by atoms with Crippen molar-refractivity contribution in [2.45, 2.75) is 19.1 Å². The van der Waals surface area contributed by atoms with Crippen LogP contribution in [-0.4, -0.2) is 29.6 Å². The highest BCUT2D eigenvalue weighted by atomic mass is 32.1. The van der Waals surface area contributed by atoms with Crippen LogP contribution in [0.4, 0.5) is 0 Å². The van der Waals surface area contributed by atoms with Gasteiger partial charge in [0.2, 0.25) is 5.91 Å². The number of rotatable bonds is 5. The van der Waals surface area contributed by atoms with Gasteiger partial charge in [-0.1, -0.05) is 12.1 Å². The summed E-state index contributed by atoms with van der Waals surface area (Å²) >= 11 is 1.52. The molecule has 1 unspecified atom stereocenters. The summed E-state index contributed by atoms with van der Waals surface area (Å²) in [6, 6.07) is 9.89. The van der Waals surface area contributed by atoms with Crippen LogP contribution < -0.4 is 4.74 Å². The Bertz CT molecular complexity index is 723. The van der Waals surface area contributed by atoms with Crippen LogP contribution in [0.25, 0.3) is 6.08 Å². The fraction of sp³-hybridized carbons (Fsp3) is 0.278. The molecule has 1 aliphatic heterocycles. The lowest BCUT2D eigenvalue weighted by Gasteiger charge is -2.40. The maximum atomic E-state index is 12.4. The zero-order valence-corrected chi connectivity index (χ0v) is 13.8. The molecule has 4 nitrogen and oxygen atoms in total. The maximum Gasteiger partial charge on any atom is 0.247 e. The number of amides is 1. The third-order valence-corrected chi connectivity index (χ3v) is 4.97. The molecular formula is C18H19NO3S. The van der Waals surface area contributed by atoms with Crippen LogP contribution in [0.2, 0.25) is 0 Å². The average molecular weight is 329 g/mol. The molecule has 0 bridgehead atoms. The second-order valence-electron chi connectivity index (χ2n) is 5.46. The Morgan fingerprint density at radius 3 is 3.00 bits per heavy atom. The second-order valence-corrected chi connectivity index (χ2v) is 6.40. The zero-order valence-electron chi connectivity index (χ0n) is 12.9. The summed E-state index contributed by atoms with van der Waals surface area (Å²) in [6.07, 6.45) is 4.40. The van der Waals surface area contributed by atoms with Gasteiger partial charge in [0.1, 0.15) is 5.75 Å². The van der Waals surface area contributed by atoms with Crippen LogP contribution in [0.1, 0.15) is 28.5 Å². The first-order chi connectivity index (χ1) is 11.2. The second kappa shape index (κ2) is 6.98. The molecule has 120 valence electrons. The molecule has 2 aromatic rings. The van der Waals surface area contributed by atoms with E-state index in [9.17, 15) is 4.79 Å². The van der Waals surface area contributed by atoms with Gasteiger partial charge < -0.3 is 14.7 Å². The Morgan fingerprint density at radius 2 is 2.35 bits per heavy atom. The van der Waals surface area contributed by atoms with Gasteiger partial charge in [-0.2, -0.15) is 0 Å². The topological polar surface area (TPSA) is 49.8 Å². The van der Waals surface area contributed by atoms with Crippen LogP contribution in [0.5, 0.6) is 5.75 Å². The van der Waals surface area contributed by atoms with Crippen molar-refractivity contribution < 1.29 is 14.6 Å². The minimum absolute atomic E-state index is 0.0167. The lowest BCUT2D eigenvalue weighted by Crippen LogP contribution is -2.44. The van der Waals surface area contributed by atoms with E-state index in [1.165, 1.54) is 11.3 Å². The van der Waals surface area contributed by atoms with Gasteiger partial charge in [0.25, 0.3) is 0 Å². The van der Waals surface area contributed by atoms with Gasteiger partial charge in [0, 0.05) is 17.5 Å². The predicted octanol–water partition coefficient (Wildman–Crippen LogP) is 3.24. The predicted molar refractivity (Wildman–Crippen MR) is 91.3 cm³/mol. The van der Waals surface area contributed by atoms with Crippen LogP contribution in [0.3, 0.4) is 0 Å². The molecule has 0 saturated carbocycles. The number of thiophene rings is 1. The minimum atomic E-state index is 0.0167. The Morgan fingerprint density at radius 1 is 1.48 bits per heavy atom. The number of carbonyl (C=O) groups excluding carboxylic acids is 1. The average Bonchev–Trinajstić information content (AvgIpc) is 3.00. The SMILES string of the molecule is COc1cccc(C2CCN2C(=O)/C=C/c2cc(CO)cs2)c1. The molecule has 0 spiro atoms. The van der Waals surface area contributed by atoms with E-state index in [0.717, 1.165) is 34.7 Å². The van der Waals surface area contributed by atoms with Gasteiger partial charge in [0.15, 0.2) is 0 Å². The number of nitrogens with zero attached hydrogens (tertiary/aromatic N) is 1. The van der Waals surface area contributed by atoms with Gasteiger partial charge in [0.05, 0.1) is 19.8 Å². The molecule has 1 saturated heterocycles. The van der Waals surface area contributed by atoms with E-state index < -0.39 is 0 Å². The van der Waals surface area contributed by atoms with E-state index >= 15 is 0 Å². The van der Waals surface area contributed by atoms with Gasteiger partial charge in [-0.3, -0.25) is 4.79 Å². The van der Waals surface area contributed by atoms with Crippen molar-refractivity contribution in [3.63, 3.8) is 0 Å². The summed E-state index contributed by atoms with van der Waals surface area (Å²) in [5.74, 6) is 0.829. The molecular weight excluding hydrogens is 310 g/mol. The van der Waals surface area contributed by atoms with Crippen molar-refractivity contribution in [3.05, 3.63) is 57.8 Å². The highest BCUT2D eigenvalue weighted by Crippen LogP contribution is 2.34. The molecule has 1 aromatic carbocycles. The van der Waals surface area contributed by atoms with Crippen molar-refractivity contribution in [1.82, 2.24) is 4.90 Å². The number of likely N-dealkylation sites (tertiary alicyclic amines) is 1. The molecule has 23 heavy (non-hydrogen) atoms. The van der Waals surface area contributed by atoms with Crippen molar-refractivity contribution in [2.75, 3.05) is 13.7 Å². The monoisotopic (exact) mass is 329 g/mol. The maximum absolute atomic E-state index is 12.4. The number of aliphatic hydroxyl groups is 1. The normalized spacial score (nSPS) is 17.3. The lowest BCUT2D eigenvalue weighted by atomic mass is 9.94. The van der Waals surface area contributed by atoms with Crippen molar-refractivity contribution in [3.8, 4) is 5.75 Å². The number of benzene rings is 1. The van der Waals surface area contributed by atoms with Crippen molar-refractivity contribution >= 4 is 23.3 Å². The fourth-order valence-electron chi connectivity index (χ4n) is 2.66. The molecule has 1 fully saturated rings. The van der Waals surface area contributed by atoms with E-state index in [1.54, 1.807) is 13.2 Å². The first kappa shape index (κ1) is 15.8. The lowest BCUT2D eigenvalue weighted by molar-refractivity contribution is -0.133. The van der Waals surface area contributed by atoms with E-state index in [0.29, 0.717) is 0 Å². The molecule has 1 atom stereocenters. The number of hydrogen-bond acceptors (Lipinski definition) is 4.